The van der Waals surface area contributed by atoms with Crippen molar-refractivity contribution >= 4 is 64.6 Å². The van der Waals surface area contributed by atoms with Crippen LogP contribution in [0, 0.1) is 27.7 Å². The molecule has 2 aliphatic rings. The van der Waals surface area contributed by atoms with Gasteiger partial charge in [-0.3, -0.25) is 0 Å². The van der Waals surface area contributed by atoms with Crippen molar-refractivity contribution in [2.45, 2.75) is 27.7 Å². The van der Waals surface area contributed by atoms with Crippen LogP contribution < -0.4 is 0 Å². The van der Waals surface area contributed by atoms with Crippen LogP contribution in [0.1, 0.15) is 22.3 Å². The maximum absolute atomic E-state index is 2.50. The lowest BCUT2D eigenvalue weighted by atomic mass is 9.86. The first kappa shape index (κ1) is 43.1. The molecule has 354 valence electrons. The van der Waals surface area contributed by atoms with E-state index in [0.29, 0.717) is 0 Å². The lowest BCUT2D eigenvalue weighted by Crippen LogP contribution is -1.90. The summed E-state index contributed by atoms with van der Waals surface area (Å²) in [4.78, 5) is 0. The highest BCUT2D eigenvalue weighted by Crippen LogP contribution is 2.56. The minimum Gasteiger partial charge on any atom is -0.0622 e. The Bertz CT molecular complexity index is 4860. The number of aryl methyl sites for hydroxylation is 4. The fraction of sp³-hybridized carbons (Fsp3) is 0.0526. The average Bonchev–Trinajstić information content (AvgIpc) is 4.01. The van der Waals surface area contributed by atoms with Crippen LogP contribution in [0.25, 0.3) is 165 Å². The van der Waals surface area contributed by atoms with E-state index >= 15 is 0 Å². The second-order valence-electron chi connectivity index (χ2n) is 21.7. The highest BCUT2D eigenvalue weighted by Gasteiger charge is 2.29. The smallest absolute Gasteiger partial charge is 0.00137 e. The Labute approximate surface area is 442 Å². The summed E-state index contributed by atoms with van der Waals surface area (Å²) >= 11 is 0. The van der Waals surface area contributed by atoms with Crippen molar-refractivity contribution in [2.75, 3.05) is 0 Å². The first-order valence-electron chi connectivity index (χ1n) is 26.8. The van der Waals surface area contributed by atoms with Crippen LogP contribution in [0.2, 0.25) is 0 Å². The molecule has 0 aromatic heterocycles. The fourth-order valence-corrected chi connectivity index (χ4v) is 13.8. The van der Waals surface area contributed by atoms with E-state index in [1.807, 2.05) is 0 Å². The first-order chi connectivity index (χ1) is 37.3. The van der Waals surface area contributed by atoms with Crippen molar-refractivity contribution in [1.82, 2.24) is 0 Å². The largest absolute Gasteiger partial charge is 0.0622 e. The molecule has 76 heavy (non-hydrogen) atoms. The summed E-state index contributed by atoms with van der Waals surface area (Å²) in [5, 5.41) is 15.7. The molecule has 0 bridgehead atoms. The van der Waals surface area contributed by atoms with Crippen LogP contribution in [0.3, 0.4) is 0 Å². The third-order valence-corrected chi connectivity index (χ3v) is 17.2. The second-order valence-corrected chi connectivity index (χ2v) is 21.7. The molecular weight excluding hydrogens is 913 g/mol. The highest BCUT2D eigenvalue weighted by atomic mass is 14.3. The first-order valence-corrected chi connectivity index (χ1v) is 26.8. The quantitative estimate of drug-likeness (QED) is 0.151. The van der Waals surface area contributed by atoms with Gasteiger partial charge in [0.05, 0.1) is 0 Å². The Morgan fingerprint density at radius 1 is 0.184 bits per heavy atom. The van der Waals surface area contributed by atoms with Crippen LogP contribution in [-0.4, -0.2) is 0 Å². The van der Waals surface area contributed by atoms with Gasteiger partial charge in [0.2, 0.25) is 0 Å². The predicted molar refractivity (Wildman–Crippen MR) is 326 cm³/mol. The number of hydrogen-bond donors (Lipinski definition) is 0. The van der Waals surface area contributed by atoms with Gasteiger partial charge in [0.1, 0.15) is 0 Å². The maximum atomic E-state index is 2.50. The minimum absolute atomic E-state index is 1.20. The normalized spacial score (nSPS) is 12.2. The molecule has 14 aromatic rings. The Kier molecular flexibility index (Phi) is 9.11. The topological polar surface area (TPSA) is 0 Å². The molecule has 0 amide bonds. The van der Waals surface area contributed by atoms with Gasteiger partial charge in [-0.25, -0.2) is 0 Å². The number of benzene rings is 14. The summed E-state index contributed by atoms with van der Waals surface area (Å²) in [5.74, 6) is 0. The van der Waals surface area contributed by atoms with Crippen molar-refractivity contribution in [1.29, 1.82) is 0 Å². The maximum Gasteiger partial charge on any atom is -0.00137 e. The van der Waals surface area contributed by atoms with E-state index in [2.05, 4.69) is 258 Å². The zero-order valence-corrected chi connectivity index (χ0v) is 42.9. The van der Waals surface area contributed by atoms with Gasteiger partial charge < -0.3 is 0 Å². The van der Waals surface area contributed by atoms with Crippen molar-refractivity contribution in [3.8, 4) is 100 Å². The Morgan fingerprint density at radius 2 is 0.684 bits per heavy atom. The number of fused-ring (bicyclic) bond motifs is 14. The SMILES string of the molecule is Cc1cc(C)c2c(c1)-c1cc3c4ccc(C)cc4c(-c4cccc(-c5ccc(-c6cc7c8ccc(-c9ccccc9)c9c8c(cc7c7ccc(-c8ccccc8)cc67)-c6ccccc6-9)cc5)c4)cc3c3ccc(C)c-2c13. The second kappa shape index (κ2) is 16.1. The van der Waals surface area contributed by atoms with E-state index < -0.39 is 0 Å². The van der Waals surface area contributed by atoms with Gasteiger partial charge in [-0.2, -0.15) is 0 Å². The molecule has 0 saturated carbocycles. The summed E-state index contributed by atoms with van der Waals surface area (Å²) in [6, 6.07) is 87.6. The molecule has 16 rings (SSSR count). The van der Waals surface area contributed by atoms with E-state index in [9.17, 15) is 0 Å². The molecular formula is C76H50. The Hall–Kier alpha value is -9.36. The summed E-state index contributed by atoms with van der Waals surface area (Å²) in [7, 11) is 0. The Morgan fingerprint density at radius 3 is 1.43 bits per heavy atom. The molecule has 0 saturated heterocycles. The van der Waals surface area contributed by atoms with Crippen LogP contribution >= 0.6 is 0 Å². The zero-order valence-electron chi connectivity index (χ0n) is 42.9. The predicted octanol–water partition coefficient (Wildman–Crippen LogP) is 21.5. The molecule has 0 spiro atoms. The van der Waals surface area contributed by atoms with Crippen LogP contribution in [0.15, 0.2) is 231 Å². The zero-order chi connectivity index (χ0) is 50.5. The lowest BCUT2D eigenvalue weighted by Gasteiger charge is -2.17. The van der Waals surface area contributed by atoms with Crippen molar-refractivity contribution in [2.24, 2.45) is 0 Å². The summed E-state index contributed by atoms with van der Waals surface area (Å²) in [5.41, 5.74) is 28.4. The van der Waals surface area contributed by atoms with Gasteiger partial charge in [0.25, 0.3) is 0 Å². The Balaban J connectivity index is 0.864. The van der Waals surface area contributed by atoms with Crippen LogP contribution in [-0.2, 0) is 0 Å². The number of hydrogen-bond acceptors (Lipinski definition) is 0. The standard InChI is InChI=1S/C76H50/c1-43-22-29-56-63(35-43)62(40-68-59-30-23-45(3)73-72-46(4)34-44(2)36-69(72)71(75(59)73)42-66(56)68)53-19-13-18-51(37-53)48-24-26-50(27-25-48)61-39-67-60-33-32-54(49-16-9-6-10-17-49)74-58-21-12-11-20-55(58)70(76(60)74)41-65(67)57-31-28-52(38-64(57)61)47-14-7-5-8-15-47/h5-42H,1-4H3. The monoisotopic (exact) mass is 962 g/mol. The third-order valence-electron chi connectivity index (χ3n) is 17.2. The number of rotatable bonds is 5. The molecule has 0 unspecified atom stereocenters. The van der Waals surface area contributed by atoms with Gasteiger partial charge in [0.15, 0.2) is 0 Å². The van der Waals surface area contributed by atoms with Crippen molar-refractivity contribution < 1.29 is 0 Å². The molecule has 0 N–H and O–H groups in total. The molecule has 0 heteroatoms. The molecule has 0 heterocycles. The van der Waals surface area contributed by atoms with Gasteiger partial charge in [-0.1, -0.05) is 205 Å². The fourth-order valence-electron chi connectivity index (χ4n) is 13.8. The van der Waals surface area contributed by atoms with Gasteiger partial charge in [0, 0.05) is 0 Å². The third kappa shape index (κ3) is 6.19. The molecule has 14 aromatic carbocycles. The molecule has 2 aliphatic carbocycles. The van der Waals surface area contributed by atoms with E-state index in [1.54, 1.807) is 0 Å². The molecule has 0 atom stereocenters. The van der Waals surface area contributed by atoms with Crippen molar-refractivity contribution in [3.05, 3.63) is 253 Å². The lowest BCUT2D eigenvalue weighted by molar-refractivity contribution is 1.38. The van der Waals surface area contributed by atoms with E-state index in [0.717, 1.165) is 0 Å². The molecule has 0 radical (unpaired) electrons. The summed E-state index contributed by atoms with van der Waals surface area (Å²) in [6.45, 7) is 9.01. The summed E-state index contributed by atoms with van der Waals surface area (Å²) < 4.78 is 0. The average molecular weight is 963 g/mol. The van der Waals surface area contributed by atoms with E-state index in [1.165, 1.54) is 187 Å². The molecule has 0 nitrogen and oxygen atoms in total. The van der Waals surface area contributed by atoms with Crippen LogP contribution in [0.4, 0.5) is 0 Å². The van der Waals surface area contributed by atoms with Gasteiger partial charge in [-0.15, -0.1) is 0 Å². The molecule has 0 aliphatic heterocycles. The van der Waals surface area contributed by atoms with E-state index in [4.69, 9.17) is 0 Å². The summed E-state index contributed by atoms with van der Waals surface area (Å²) in [6.07, 6.45) is 0. The van der Waals surface area contributed by atoms with E-state index in [-0.39, 0.29) is 0 Å². The van der Waals surface area contributed by atoms with Crippen molar-refractivity contribution in [3.63, 3.8) is 0 Å². The molecule has 0 fully saturated rings. The minimum atomic E-state index is 1.20. The van der Waals surface area contributed by atoms with Crippen LogP contribution in [0.5, 0.6) is 0 Å². The highest BCUT2D eigenvalue weighted by molar-refractivity contribution is 6.31. The van der Waals surface area contributed by atoms with Gasteiger partial charge in [-0.05, 0) is 240 Å². The van der Waals surface area contributed by atoms with Gasteiger partial charge >= 0.3 is 0 Å².